The summed E-state index contributed by atoms with van der Waals surface area (Å²) in [6, 6.07) is 20.8. The smallest absolute Gasteiger partial charge is 0.254 e. The number of aromatic nitrogens is 3. The van der Waals surface area contributed by atoms with E-state index in [0.29, 0.717) is 13.1 Å². The van der Waals surface area contributed by atoms with E-state index in [2.05, 4.69) is 64.8 Å². The number of nitrogens with one attached hydrogen (secondary N) is 1. The van der Waals surface area contributed by atoms with Crippen molar-refractivity contribution in [3.8, 4) is 11.1 Å². The zero-order chi connectivity index (χ0) is 24.9. The van der Waals surface area contributed by atoms with Crippen LogP contribution in [0.15, 0.2) is 73.2 Å². The second-order valence-electron chi connectivity index (χ2n) is 8.70. The standard InChI is InChI=1S/C28H28N4O.C2H6/c1-4-12-32(28(33)23-8-7-20-11-13-31(3)27(20)16-23)17-24-14-21(6-5-19(24)2)22-9-10-25-26(15-22)30-18-29-25;1-2/h5-11,13-16,18H,4,12,17H2,1-3H3,(H,29,30);1-2H3. The first-order valence-electron chi connectivity index (χ1n) is 12.4. The van der Waals surface area contributed by atoms with Gasteiger partial charge in [-0.3, -0.25) is 4.79 Å². The highest BCUT2D eigenvalue weighted by Gasteiger charge is 2.18. The minimum Gasteiger partial charge on any atom is -0.351 e. The SMILES string of the molecule is CC.CCCN(Cc1cc(-c2ccc3nc[nH]c3c2)ccc1C)C(=O)c1ccc2ccn(C)c2c1. The van der Waals surface area contributed by atoms with Gasteiger partial charge in [0.25, 0.3) is 5.91 Å². The third-order valence-corrected chi connectivity index (χ3v) is 6.38. The minimum absolute atomic E-state index is 0.0728. The van der Waals surface area contributed by atoms with Gasteiger partial charge in [0.2, 0.25) is 0 Å². The van der Waals surface area contributed by atoms with E-state index < -0.39 is 0 Å². The molecule has 5 rings (SSSR count). The molecule has 0 unspecified atom stereocenters. The summed E-state index contributed by atoms with van der Waals surface area (Å²) >= 11 is 0. The fourth-order valence-corrected chi connectivity index (χ4v) is 4.44. The number of rotatable bonds is 6. The summed E-state index contributed by atoms with van der Waals surface area (Å²) in [6.07, 6.45) is 4.65. The van der Waals surface area contributed by atoms with Gasteiger partial charge in [-0.05, 0) is 77.4 Å². The molecule has 35 heavy (non-hydrogen) atoms. The van der Waals surface area contributed by atoms with Gasteiger partial charge < -0.3 is 14.5 Å². The topological polar surface area (TPSA) is 53.9 Å². The predicted octanol–water partition coefficient (Wildman–Crippen LogP) is 7.11. The van der Waals surface area contributed by atoms with Crippen molar-refractivity contribution in [1.82, 2.24) is 19.4 Å². The van der Waals surface area contributed by atoms with Gasteiger partial charge >= 0.3 is 0 Å². The van der Waals surface area contributed by atoms with Gasteiger partial charge in [0.05, 0.1) is 17.4 Å². The Bertz CT molecular complexity index is 1460. The largest absolute Gasteiger partial charge is 0.351 e. The van der Waals surface area contributed by atoms with Crippen molar-refractivity contribution in [2.24, 2.45) is 7.05 Å². The van der Waals surface area contributed by atoms with E-state index in [9.17, 15) is 4.79 Å². The van der Waals surface area contributed by atoms with Crippen molar-refractivity contribution in [1.29, 1.82) is 0 Å². The van der Waals surface area contributed by atoms with Crippen LogP contribution in [0.1, 0.15) is 48.7 Å². The average Bonchev–Trinajstić information content (AvgIpc) is 3.51. The fraction of sp³-hybridized carbons (Fsp3) is 0.267. The predicted molar refractivity (Wildman–Crippen MR) is 146 cm³/mol. The number of amides is 1. The zero-order valence-electron chi connectivity index (χ0n) is 21.3. The lowest BCUT2D eigenvalue weighted by molar-refractivity contribution is 0.0743. The molecule has 0 fully saturated rings. The van der Waals surface area contributed by atoms with Crippen LogP contribution in [0.4, 0.5) is 0 Å². The number of fused-ring (bicyclic) bond motifs is 2. The molecule has 0 aliphatic carbocycles. The molecule has 180 valence electrons. The van der Waals surface area contributed by atoms with Crippen molar-refractivity contribution >= 4 is 27.8 Å². The number of imidazole rings is 1. The Morgan fingerprint density at radius 1 is 1.00 bits per heavy atom. The highest BCUT2D eigenvalue weighted by atomic mass is 16.2. The van der Waals surface area contributed by atoms with Crippen molar-refractivity contribution in [3.05, 3.63) is 89.9 Å². The third-order valence-electron chi connectivity index (χ3n) is 6.38. The van der Waals surface area contributed by atoms with Crippen molar-refractivity contribution in [2.45, 2.75) is 40.7 Å². The van der Waals surface area contributed by atoms with E-state index in [1.807, 2.05) is 56.3 Å². The second kappa shape index (κ2) is 10.6. The normalized spacial score (nSPS) is 10.9. The van der Waals surface area contributed by atoms with Gasteiger partial charge in [0.15, 0.2) is 0 Å². The van der Waals surface area contributed by atoms with Crippen LogP contribution in [0, 0.1) is 6.92 Å². The lowest BCUT2D eigenvalue weighted by atomic mass is 9.98. The Morgan fingerprint density at radius 2 is 1.77 bits per heavy atom. The average molecular weight is 467 g/mol. The molecule has 0 atom stereocenters. The Morgan fingerprint density at radius 3 is 2.57 bits per heavy atom. The maximum atomic E-state index is 13.5. The summed E-state index contributed by atoms with van der Waals surface area (Å²) in [4.78, 5) is 23.0. The molecule has 3 aromatic carbocycles. The number of hydrogen-bond acceptors (Lipinski definition) is 2. The zero-order valence-corrected chi connectivity index (χ0v) is 21.3. The highest BCUT2D eigenvalue weighted by Crippen LogP contribution is 2.26. The lowest BCUT2D eigenvalue weighted by Gasteiger charge is -2.24. The maximum Gasteiger partial charge on any atom is 0.254 e. The van der Waals surface area contributed by atoms with Crippen LogP contribution in [-0.2, 0) is 13.6 Å². The summed E-state index contributed by atoms with van der Waals surface area (Å²) in [5, 5.41) is 1.15. The molecular weight excluding hydrogens is 432 g/mol. The quantitative estimate of drug-likeness (QED) is 0.290. The van der Waals surface area contributed by atoms with Crippen LogP contribution in [0.25, 0.3) is 33.1 Å². The summed E-state index contributed by atoms with van der Waals surface area (Å²) in [7, 11) is 2.01. The molecule has 5 nitrogen and oxygen atoms in total. The highest BCUT2D eigenvalue weighted by molar-refractivity contribution is 5.98. The Kier molecular flexibility index (Phi) is 7.35. The van der Waals surface area contributed by atoms with E-state index in [1.54, 1.807) is 6.33 Å². The van der Waals surface area contributed by atoms with Crippen LogP contribution in [-0.4, -0.2) is 31.9 Å². The summed E-state index contributed by atoms with van der Waals surface area (Å²) in [6.45, 7) is 9.53. The maximum absolute atomic E-state index is 13.5. The molecule has 5 heteroatoms. The summed E-state index contributed by atoms with van der Waals surface area (Å²) in [5.41, 5.74) is 8.42. The van der Waals surface area contributed by atoms with Gasteiger partial charge in [-0.15, -0.1) is 0 Å². The van der Waals surface area contributed by atoms with E-state index in [0.717, 1.165) is 45.0 Å². The molecular formula is C30H34N4O. The molecule has 0 spiro atoms. The van der Waals surface area contributed by atoms with Gasteiger partial charge in [-0.25, -0.2) is 4.98 Å². The summed E-state index contributed by atoms with van der Waals surface area (Å²) in [5.74, 6) is 0.0728. The Hall–Kier alpha value is -3.86. The molecule has 0 saturated carbocycles. The van der Waals surface area contributed by atoms with Crippen molar-refractivity contribution in [3.63, 3.8) is 0 Å². The molecule has 0 aliphatic heterocycles. The van der Waals surface area contributed by atoms with E-state index in [-0.39, 0.29) is 5.91 Å². The van der Waals surface area contributed by atoms with Crippen LogP contribution in [0.3, 0.4) is 0 Å². The number of carbonyl (C=O) groups is 1. The molecule has 0 saturated heterocycles. The minimum atomic E-state index is 0.0728. The first-order chi connectivity index (χ1) is 17.0. The second-order valence-corrected chi connectivity index (χ2v) is 8.70. The first-order valence-corrected chi connectivity index (χ1v) is 12.4. The Balaban J connectivity index is 0.00000141. The number of nitrogens with zero attached hydrogens (tertiary/aromatic N) is 3. The molecule has 1 N–H and O–H groups in total. The molecule has 0 bridgehead atoms. The van der Waals surface area contributed by atoms with E-state index >= 15 is 0 Å². The van der Waals surface area contributed by atoms with Gasteiger partial charge in [-0.1, -0.05) is 45.0 Å². The molecule has 0 aliphatic rings. The fourth-order valence-electron chi connectivity index (χ4n) is 4.44. The number of hydrogen-bond donors (Lipinski definition) is 1. The third kappa shape index (κ3) is 4.99. The molecule has 2 heterocycles. The summed E-state index contributed by atoms with van der Waals surface area (Å²) < 4.78 is 2.06. The molecule has 2 aromatic heterocycles. The molecule has 5 aromatic rings. The van der Waals surface area contributed by atoms with Crippen LogP contribution in [0.2, 0.25) is 0 Å². The monoisotopic (exact) mass is 466 g/mol. The van der Waals surface area contributed by atoms with Crippen LogP contribution >= 0.6 is 0 Å². The number of aryl methyl sites for hydroxylation is 2. The molecule has 0 radical (unpaired) electrons. The van der Waals surface area contributed by atoms with Crippen molar-refractivity contribution < 1.29 is 4.79 Å². The number of benzene rings is 3. The van der Waals surface area contributed by atoms with Crippen LogP contribution in [0.5, 0.6) is 0 Å². The Labute approximate surface area is 207 Å². The first kappa shape index (κ1) is 24.3. The molecule has 1 amide bonds. The number of carbonyl (C=O) groups excluding carboxylic acids is 1. The van der Waals surface area contributed by atoms with Gasteiger partial charge in [0, 0.05) is 37.4 Å². The number of H-pyrrole nitrogens is 1. The lowest BCUT2D eigenvalue weighted by Crippen LogP contribution is -2.31. The van der Waals surface area contributed by atoms with E-state index in [1.165, 1.54) is 11.1 Å². The van der Waals surface area contributed by atoms with E-state index in [4.69, 9.17) is 0 Å². The van der Waals surface area contributed by atoms with Gasteiger partial charge in [-0.2, -0.15) is 0 Å². The number of aromatic amines is 1. The van der Waals surface area contributed by atoms with Crippen molar-refractivity contribution in [2.75, 3.05) is 6.54 Å². The van der Waals surface area contributed by atoms with Gasteiger partial charge in [0.1, 0.15) is 0 Å². The van der Waals surface area contributed by atoms with Crippen LogP contribution < -0.4 is 0 Å².